The molecule has 0 aliphatic rings. The van der Waals surface area contributed by atoms with Gasteiger partial charge in [0.25, 0.3) is 5.91 Å². The number of anilines is 1. The minimum absolute atomic E-state index is 0.132. The fraction of sp³-hybridized carbons (Fsp3) is 0.172. The number of sulfonamides is 1. The zero-order valence-electron chi connectivity index (χ0n) is 20.6. The number of carbonyl (C=O) groups excluding carboxylic acids is 2. The minimum atomic E-state index is -3.75. The molecule has 0 spiro atoms. The van der Waals surface area contributed by atoms with Gasteiger partial charge in [-0.25, -0.2) is 13.1 Å². The number of hydrogen-bond acceptors (Lipinski definition) is 4. The number of hydrogen-bond donors (Lipinski definition) is 3. The van der Waals surface area contributed by atoms with Gasteiger partial charge >= 0.3 is 0 Å². The quantitative estimate of drug-likeness (QED) is 0.305. The Morgan fingerprint density at radius 1 is 0.757 bits per heavy atom. The number of carbonyl (C=O) groups is 2. The summed E-state index contributed by atoms with van der Waals surface area (Å²) in [6, 6.07) is 27.1. The van der Waals surface area contributed by atoms with Crippen molar-refractivity contribution >= 4 is 38.3 Å². The van der Waals surface area contributed by atoms with Gasteiger partial charge in [-0.15, -0.1) is 0 Å². The van der Waals surface area contributed by atoms with E-state index in [0.29, 0.717) is 22.0 Å². The van der Waals surface area contributed by atoms with Gasteiger partial charge in [0.2, 0.25) is 15.9 Å². The molecule has 0 radical (unpaired) electrons. The van der Waals surface area contributed by atoms with Gasteiger partial charge < -0.3 is 10.6 Å². The van der Waals surface area contributed by atoms with Crippen LogP contribution in [0.2, 0.25) is 0 Å². The first-order valence-electron chi connectivity index (χ1n) is 12.0. The van der Waals surface area contributed by atoms with Crippen LogP contribution in [-0.2, 0) is 21.2 Å². The molecule has 4 aromatic carbocycles. The van der Waals surface area contributed by atoms with E-state index in [1.54, 1.807) is 68.4 Å². The third-order valence-corrected chi connectivity index (χ3v) is 7.48. The maximum atomic E-state index is 13.5. The second kappa shape index (κ2) is 11.4. The van der Waals surface area contributed by atoms with Crippen LogP contribution in [-0.4, -0.2) is 32.3 Å². The van der Waals surface area contributed by atoms with Crippen molar-refractivity contribution in [3.8, 4) is 0 Å². The second-order valence-electron chi connectivity index (χ2n) is 9.00. The summed E-state index contributed by atoms with van der Waals surface area (Å²) in [4.78, 5) is 26.5. The van der Waals surface area contributed by atoms with Crippen LogP contribution in [0.3, 0.4) is 0 Å². The molecule has 0 fully saturated rings. The molecule has 0 bridgehead atoms. The van der Waals surface area contributed by atoms with E-state index in [4.69, 9.17) is 0 Å². The van der Waals surface area contributed by atoms with Gasteiger partial charge in [-0.05, 0) is 43.7 Å². The number of amides is 2. The Kier molecular flexibility index (Phi) is 8.01. The zero-order chi connectivity index (χ0) is 26.4. The Morgan fingerprint density at radius 3 is 2.05 bits per heavy atom. The van der Waals surface area contributed by atoms with E-state index in [0.717, 1.165) is 5.56 Å². The monoisotopic (exact) mass is 515 g/mol. The van der Waals surface area contributed by atoms with Crippen LogP contribution < -0.4 is 15.4 Å². The predicted octanol–water partition coefficient (Wildman–Crippen LogP) is 4.51. The molecule has 0 saturated heterocycles. The van der Waals surface area contributed by atoms with E-state index >= 15 is 0 Å². The first-order chi connectivity index (χ1) is 17.7. The van der Waals surface area contributed by atoms with Crippen molar-refractivity contribution in [1.82, 2.24) is 10.0 Å². The SMILES string of the molecule is CC(C)NS(=O)(=O)c1cccc2c(NC(=O)[C@H](Cc3ccccc3)NC(=O)c3ccccc3)cccc12. The molecule has 0 unspecified atom stereocenters. The normalized spacial score (nSPS) is 12.3. The summed E-state index contributed by atoms with van der Waals surface area (Å²) in [5.41, 5.74) is 1.80. The van der Waals surface area contributed by atoms with E-state index in [2.05, 4.69) is 15.4 Å². The Bertz CT molecular complexity index is 1500. The summed E-state index contributed by atoms with van der Waals surface area (Å²) in [5, 5.41) is 6.83. The van der Waals surface area contributed by atoms with Crippen LogP contribution in [0.5, 0.6) is 0 Å². The summed E-state index contributed by atoms with van der Waals surface area (Å²) >= 11 is 0. The zero-order valence-corrected chi connectivity index (χ0v) is 21.5. The van der Waals surface area contributed by atoms with Gasteiger partial charge in [-0.2, -0.15) is 0 Å². The van der Waals surface area contributed by atoms with Gasteiger partial charge in [0.15, 0.2) is 0 Å². The number of benzene rings is 4. The molecule has 4 rings (SSSR count). The molecule has 2 amide bonds. The van der Waals surface area contributed by atoms with Crippen LogP contribution in [0.4, 0.5) is 5.69 Å². The lowest BCUT2D eigenvalue weighted by molar-refractivity contribution is -0.118. The average Bonchev–Trinajstić information content (AvgIpc) is 2.88. The third kappa shape index (κ3) is 6.41. The highest BCUT2D eigenvalue weighted by atomic mass is 32.2. The fourth-order valence-electron chi connectivity index (χ4n) is 4.11. The highest BCUT2D eigenvalue weighted by Crippen LogP contribution is 2.29. The standard InChI is InChI=1S/C29H29N3O4S/c1-20(2)32-37(35,36)27-18-10-15-23-24(27)16-9-17-25(23)30-29(34)26(19-21-11-5-3-6-12-21)31-28(33)22-13-7-4-8-14-22/h3-18,20,26,32H,19H2,1-2H3,(H,30,34)(H,31,33)/t26-/m0/s1. The van der Waals surface area contributed by atoms with Gasteiger partial charge in [0.05, 0.1) is 4.90 Å². The molecule has 0 heterocycles. The van der Waals surface area contributed by atoms with Gasteiger partial charge in [-0.1, -0.05) is 72.8 Å². The van der Waals surface area contributed by atoms with E-state index in [1.165, 1.54) is 6.07 Å². The van der Waals surface area contributed by atoms with Gasteiger partial charge in [0.1, 0.15) is 6.04 Å². The van der Waals surface area contributed by atoms with Crippen LogP contribution >= 0.6 is 0 Å². The summed E-state index contributed by atoms with van der Waals surface area (Å²) in [6.07, 6.45) is 0.286. The van der Waals surface area contributed by atoms with E-state index in [1.807, 2.05) is 36.4 Å². The number of nitrogens with one attached hydrogen (secondary N) is 3. The predicted molar refractivity (Wildman–Crippen MR) is 146 cm³/mol. The van der Waals surface area contributed by atoms with Gasteiger partial charge in [-0.3, -0.25) is 9.59 Å². The molecule has 1 atom stereocenters. The van der Waals surface area contributed by atoms with E-state index in [-0.39, 0.29) is 23.3 Å². The first-order valence-corrected chi connectivity index (χ1v) is 13.5. The maximum Gasteiger partial charge on any atom is 0.251 e. The number of fused-ring (bicyclic) bond motifs is 1. The van der Waals surface area contributed by atoms with Crippen LogP contribution in [0.25, 0.3) is 10.8 Å². The van der Waals surface area contributed by atoms with Gasteiger partial charge in [0, 0.05) is 34.5 Å². The van der Waals surface area contributed by atoms with Crippen molar-refractivity contribution in [2.75, 3.05) is 5.32 Å². The molecular formula is C29H29N3O4S. The largest absolute Gasteiger partial charge is 0.340 e. The van der Waals surface area contributed by atoms with Crippen molar-refractivity contribution in [3.05, 3.63) is 108 Å². The summed E-state index contributed by atoms with van der Waals surface area (Å²) in [5.74, 6) is -0.767. The third-order valence-electron chi connectivity index (χ3n) is 5.76. The highest BCUT2D eigenvalue weighted by molar-refractivity contribution is 7.89. The Balaban J connectivity index is 1.65. The Morgan fingerprint density at radius 2 is 1.38 bits per heavy atom. The topological polar surface area (TPSA) is 104 Å². The minimum Gasteiger partial charge on any atom is -0.340 e. The molecule has 8 heteroatoms. The summed E-state index contributed by atoms with van der Waals surface area (Å²) < 4.78 is 28.4. The Labute approximate surface area is 217 Å². The molecular weight excluding hydrogens is 486 g/mol. The van der Waals surface area contributed by atoms with Crippen molar-refractivity contribution in [2.24, 2.45) is 0 Å². The lowest BCUT2D eigenvalue weighted by Crippen LogP contribution is -2.45. The van der Waals surface area contributed by atoms with E-state index in [9.17, 15) is 18.0 Å². The molecule has 190 valence electrons. The molecule has 4 aromatic rings. The van der Waals surface area contributed by atoms with Crippen molar-refractivity contribution < 1.29 is 18.0 Å². The maximum absolute atomic E-state index is 13.5. The molecule has 0 aliphatic carbocycles. The highest BCUT2D eigenvalue weighted by Gasteiger charge is 2.24. The molecule has 3 N–H and O–H groups in total. The molecule has 0 saturated carbocycles. The smallest absolute Gasteiger partial charge is 0.251 e. The first kappa shape index (κ1) is 26.1. The molecule has 0 aliphatic heterocycles. The summed E-state index contributed by atoms with van der Waals surface area (Å²) in [7, 11) is -3.75. The second-order valence-corrected chi connectivity index (χ2v) is 10.7. The lowest BCUT2D eigenvalue weighted by atomic mass is 10.0. The molecule has 0 aromatic heterocycles. The van der Waals surface area contributed by atoms with E-state index < -0.39 is 22.0 Å². The van der Waals surface area contributed by atoms with Crippen LogP contribution in [0.15, 0.2) is 102 Å². The average molecular weight is 516 g/mol. The van der Waals surface area contributed by atoms with Crippen LogP contribution in [0, 0.1) is 0 Å². The number of rotatable bonds is 9. The van der Waals surface area contributed by atoms with Crippen molar-refractivity contribution in [3.63, 3.8) is 0 Å². The molecule has 7 nitrogen and oxygen atoms in total. The fourth-order valence-corrected chi connectivity index (χ4v) is 5.58. The van der Waals surface area contributed by atoms with Crippen molar-refractivity contribution in [1.29, 1.82) is 0 Å². The van der Waals surface area contributed by atoms with Crippen molar-refractivity contribution in [2.45, 2.75) is 37.2 Å². The summed E-state index contributed by atoms with van der Waals surface area (Å²) in [6.45, 7) is 3.51. The Hall–Kier alpha value is -4.01. The van der Waals surface area contributed by atoms with Crippen LogP contribution in [0.1, 0.15) is 29.8 Å². The lowest BCUT2D eigenvalue weighted by Gasteiger charge is -2.20. The molecule has 37 heavy (non-hydrogen) atoms.